The van der Waals surface area contributed by atoms with Crippen LogP contribution in [0.3, 0.4) is 0 Å². The number of rotatable bonds is 6. The Labute approximate surface area is 135 Å². The number of H-pyrrole nitrogens is 1. The van der Waals surface area contributed by atoms with E-state index in [1.54, 1.807) is 10.8 Å². The first-order valence-corrected chi connectivity index (χ1v) is 7.77. The third-order valence-electron chi connectivity index (χ3n) is 3.80. The van der Waals surface area contributed by atoms with Crippen LogP contribution >= 0.6 is 12.2 Å². The minimum absolute atomic E-state index is 0.141. The van der Waals surface area contributed by atoms with Crippen molar-refractivity contribution >= 4 is 18.1 Å². The third kappa shape index (κ3) is 3.64. The van der Waals surface area contributed by atoms with E-state index in [0.29, 0.717) is 10.5 Å². The number of amides is 1. The van der Waals surface area contributed by atoms with E-state index in [0.717, 1.165) is 12.1 Å². The number of aromatic amines is 1. The van der Waals surface area contributed by atoms with Crippen molar-refractivity contribution in [2.75, 3.05) is 6.54 Å². The Hall–Kier alpha value is -1.92. The summed E-state index contributed by atoms with van der Waals surface area (Å²) < 4.78 is 2.14. The van der Waals surface area contributed by atoms with Crippen LogP contribution in [0.15, 0.2) is 36.5 Å². The molecular weight excluding hydrogens is 298 g/mol. The largest absolute Gasteiger partial charge is 0.391 e. The topological polar surface area (TPSA) is 70.1 Å². The maximum Gasteiger partial charge on any atom is 0.269 e. The van der Waals surface area contributed by atoms with Gasteiger partial charge in [-0.25, -0.2) is 0 Å². The lowest BCUT2D eigenvalue weighted by Gasteiger charge is -2.17. The summed E-state index contributed by atoms with van der Waals surface area (Å²) in [5.41, 5.74) is 1.24. The molecule has 0 aliphatic heterocycles. The number of para-hydroxylation sites is 1. The van der Waals surface area contributed by atoms with E-state index in [1.165, 1.54) is 0 Å². The molecule has 1 aromatic carbocycles. The van der Waals surface area contributed by atoms with Crippen LogP contribution in [0.4, 0.5) is 0 Å². The predicted octanol–water partition coefficient (Wildman–Crippen LogP) is 2.67. The van der Waals surface area contributed by atoms with Gasteiger partial charge in [-0.1, -0.05) is 38.5 Å². The Morgan fingerprint density at radius 2 is 2.09 bits per heavy atom. The van der Waals surface area contributed by atoms with E-state index in [9.17, 15) is 9.90 Å². The van der Waals surface area contributed by atoms with Crippen LogP contribution in [0.25, 0.3) is 5.69 Å². The van der Waals surface area contributed by atoms with Crippen LogP contribution in [0, 0.1) is 10.7 Å². The third-order valence-corrected chi connectivity index (χ3v) is 4.10. The van der Waals surface area contributed by atoms with E-state index in [1.807, 2.05) is 44.2 Å². The normalized spacial score (nSPS) is 13.6. The molecule has 0 aliphatic rings. The van der Waals surface area contributed by atoms with Gasteiger partial charge in [-0.15, -0.1) is 0 Å². The summed E-state index contributed by atoms with van der Waals surface area (Å²) in [5.74, 6) is -0.124. The summed E-state index contributed by atoms with van der Waals surface area (Å²) in [5, 5.41) is 12.7. The van der Waals surface area contributed by atoms with Crippen LogP contribution in [-0.2, 0) is 0 Å². The average Bonchev–Trinajstić information content (AvgIpc) is 2.94. The number of hydrogen-bond acceptors (Lipinski definition) is 3. The van der Waals surface area contributed by atoms with Crippen molar-refractivity contribution in [2.45, 2.75) is 26.4 Å². The number of aromatic nitrogens is 2. The zero-order chi connectivity index (χ0) is 16.1. The van der Waals surface area contributed by atoms with Gasteiger partial charge in [0.25, 0.3) is 5.91 Å². The average molecular weight is 319 g/mol. The van der Waals surface area contributed by atoms with Crippen LogP contribution in [0.2, 0.25) is 0 Å². The predicted molar refractivity (Wildman–Crippen MR) is 88.7 cm³/mol. The summed E-state index contributed by atoms with van der Waals surface area (Å²) in [6.07, 6.45) is 1.89. The zero-order valence-electron chi connectivity index (χ0n) is 12.7. The number of aliphatic hydroxyl groups excluding tert-OH is 1. The quantitative estimate of drug-likeness (QED) is 0.717. The fourth-order valence-corrected chi connectivity index (χ4v) is 2.39. The molecule has 3 N–H and O–H groups in total. The van der Waals surface area contributed by atoms with Gasteiger partial charge >= 0.3 is 0 Å². The number of carbonyl (C=O) groups excluding carboxylic acids is 1. The molecule has 1 heterocycles. The number of hydrogen-bond donors (Lipinski definition) is 3. The molecule has 2 rings (SSSR count). The fourth-order valence-electron chi connectivity index (χ4n) is 2.13. The van der Waals surface area contributed by atoms with Crippen molar-refractivity contribution in [3.05, 3.63) is 47.0 Å². The number of nitrogens with zero attached hydrogens (tertiary/aromatic N) is 1. The maximum absolute atomic E-state index is 12.4. The molecule has 1 amide bonds. The van der Waals surface area contributed by atoms with Gasteiger partial charge in [-0.3, -0.25) is 9.36 Å². The molecule has 1 aromatic heterocycles. The van der Waals surface area contributed by atoms with Crippen molar-refractivity contribution in [3.63, 3.8) is 0 Å². The van der Waals surface area contributed by atoms with Crippen LogP contribution < -0.4 is 5.32 Å². The number of aliphatic hydroxyl groups is 1. The monoisotopic (exact) mass is 319 g/mol. The van der Waals surface area contributed by atoms with Gasteiger partial charge in [0.1, 0.15) is 5.69 Å². The van der Waals surface area contributed by atoms with Gasteiger partial charge in [0.2, 0.25) is 0 Å². The highest BCUT2D eigenvalue weighted by Gasteiger charge is 2.17. The summed E-state index contributed by atoms with van der Waals surface area (Å²) in [6.45, 7) is 4.19. The number of benzene rings is 1. The molecule has 22 heavy (non-hydrogen) atoms. The second kappa shape index (κ2) is 7.38. The first-order chi connectivity index (χ1) is 10.5. The van der Waals surface area contributed by atoms with E-state index in [2.05, 4.69) is 10.3 Å². The molecular formula is C16H21N3O2S. The van der Waals surface area contributed by atoms with Crippen molar-refractivity contribution in [3.8, 4) is 5.69 Å². The molecule has 6 heteroatoms. The van der Waals surface area contributed by atoms with Crippen LogP contribution in [-0.4, -0.2) is 33.2 Å². The lowest BCUT2D eigenvalue weighted by Crippen LogP contribution is -2.36. The fraction of sp³-hybridized carbons (Fsp3) is 0.375. The highest BCUT2D eigenvalue weighted by Crippen LogP contribution is 2.13. The lowest BCUT2D eigenvalue weighted by molar-refractivity contribution is 0.0844. The van der Waals surface area contributed by atoms with Crippen molar-refractivity contribution < 1.29 is 9.90 Å². The molecule has 2 aromatic rings. The summed E-state index contributed by atoms with van der Waals surface area (Å²) in [4.78, 5) is 15.3. The molecule has 0 saturated carbocycles. The van der Waals surface area contributed by atoms with Crippen LogP contribution in [0.5, 0.6) is 0 Å². The smallest absolute Gasteiger partial charge is 0.269 e. The molecule has 118 valence electrons. The molecule has 0 bridgehead atoms. The maximum atomic E-state index is 12.4. The Morgan fingerprint density at radius 3 is 2.73 bits per heavy atom. The Morgan fingerprint density at radius 1 is 1.41 bits per heavy atom. The number of carbonyl (C=O) groups is 1. The lowest BCUT2D eigenvalue weighted by atomic mass is 10.0. The van der Waals surface area contributed by atoms with Crippen LogP contribution in [0.1, 0.15) is 30.8 Å². The second-order valence-electron chi connectivity index (χ2n) is 5.31. The molecule has 0 spiro atoms. The summed E-state index contributed by atoms with van der Waals surface area (Å²) in [6, 6.07) is 9.45. The van der Waals surface area contributed by atoms with E-state index in [-0.39, 0.29) is 18.4 Å². The van der Waals surface area contributed by atoms with E-state index < -0.39 is 6.10 Å². The Bertz CT molecular complexity index is 678. The van der Waals surface area contributed by atoms with Gasteiger partial charge < -0.3 is 15.4 Å². The molecule has 5 nitrogen and oxygen atoms in total. The zero-order valence-corrected chi connectivity index (χ0v) is 13.6. The molecule has 0 saturated heterocycles. The molecule has 2 atom stereocenters. The van der Waals surface area contributed by atoms with E-state index >= 15 is 0 Å². The summed E-state index contributed by atoms with van der Waals surface area (Å²) in [7, 11) is 0. The van der Waals surface area contributed by atoms with Gasteiger partial charge in [0, 0.05) is 18.4 Å². The van der Waals surface area contributed by atoms with Gasteiger partial charge in [-0.05, 0) is 30.3 Å². The second-order valence-corrected chi connectivity index (χ2v) is 5.70. The molecule has 0 aliphatic carbocycles. The minimum Gasteiger partial charge on any atom is -0.391 e. The molecule has 0 unspecified atom stereocenters. The Balaban J connectivity index is 2.17. The number of imidazole rings is 1. The first kappa shape index (κ1) is 16.5. The Kier molecular flexibility index (Phi) is 5.51. The van der Waals surface area contributed by atoms with E-state index in [4.69, 9.17) is 12.2 Å². The first-order valence-electron chi connectivity index (χ1n) is 7.36. The number of nitrogens with one attached hydrogen (secondary N) is 2. The standard InChI is InChI=1S/C16H21N3O2S/c1-3-11(2)14(20)10-17-15(21)13-9-18-16(22)19(13)12-7-5-4-6-8-12/h4-9,11,14,20H,3,10H2,1-2H3,(H,17,21)(H,18,22)/t11-,14+/m0/s1. The molecule has 0 radical (unpaired) electrons. The van der Waals surface area contributed by atoms with Gasteiger partial charge in [-0.2, -0.15) is 0 Å². The SMILES string of the molecule is CC[C@H](C)[C@H](O)CNC(=O)c1c[nH]c(=S)n1-c1ccccc1. The van der Waals surface area contributed by atoms with Gasteiger partial charge in [0.15, 0.2) is 4.77 Å². The van der Waals surface area contributed by atoms with Crippen molar-refractivity contribution in [1.82, 2.24) is 14.9 Å². The highest BCUT2D eigenvalue weighted by atomic mass is 32.1. The molecule has 0 fully saturated rings. The summed E-state index contributed by atoms with van der Waals surface area (Å²) >= 11 is 5.25. The highest BCUT2D eigenvalue weighted by molar-refractivity contribution is 7.71. The minimum atomic E-state index is -0.555. The van der Waals surface area contributed by atoms with Crippen molar-refractivity contribution in [2.24, 2.45) is 5.92 Å². The van der Waals surface area contributed by atoms with Crippen molar-refractivity contribution in [1.29, 1.82) is 0 Å². The van der Waals surface area contributed by atoms with Gasteiger partial charge in [0.05, 0.1) is 6.10 Å².